The summed E-state index contributed by atoms with van der Waals surface area (Å²) in [4.78, 5) is 0. The lowest BCUT2D eigenvalue weighted by molar-refractivity contribution is -0.0543. The Bertz CT molecular complexity index is 221. The number of ether oxygens (including phenoxy) is 2. The second kappa shape index (κ2) is 3.60. The molecule has 4 heteroatoms. The molecule has 2 rings (SSSR count). The highest BCUT2D eigenvalue weighted by Gasteiger charge is 2.25. The molecule has 0 aromatic heterocycles. The summed E-state index contributed by atoms with van der Waals surface area (Å²) >= 11 is 3.36. The molecule has 0 aromatic rings. The minimum atomic E-state index is -0.137. The summed E-state index contributed by atoms with van der Waals surface area (Å²) in [6.45, 7) is 1.38. The Morgan fingerprint density at radius 2 is 2.17 bits per heavy atom. The largest absolute Gasteiger partial charge is 0.368 e. The van der Waals surface area contributed by atoms with Crippen LogP contribution in [0.1, 0.15) is 0 Å². The van der Waals surface area contributed by atoms with E-state index in [9.17, 15) is 0 Å². The summed E-state index contributed by atoms with van der Waals surface area (Å²) in [6, 6.07) is 0.131. The van der Waals surface area contributed by atoms with Gasteiger partial charge in [-0.1, -0.05) is 12.2 Å². The Morgan fingerprint density at radius 3 is 2.83 bits per heavy atom. The molecule has 66 valence electrons. The zero-order valence-electron chi connectivity index (χ0n) is 6.50. The zero-order chi connectivity index (χ0) is 8.39. The van der Waals surface area contributed by atoms with Gasteiger partial charge in [-0.05, 0) is 22.0 Å². The topological polar surface area (TPSA) is 30.5 Å². The second-order valence-corrected chi connectivity index (χ2v) is 3.53. The molecule has 0 radical (unpaired) electrons. The van der Waals surface area contributed by atoms with Crippen LogP contribution in [-0.2, 0) is 9.47 Å². The Labute approximate surface area is 79.5 Å². The average Bonchev–Trinajstić information content (AvgIpc) is 2.56. The van der Waals surface area contributed by atoms with E-state index in [0.29, 0.717) is 13.2 Å². The van der Waals surface area contributed by atoms with Gasteiger partial charge in [0.1, 0.15) is 0 Å². The fraction of sp³-hybridized carbons (Fsp3) is 0.500. The number of allylic oxidation sites excluding steroid dienone is 2. The number of dihydropyridines is 1. The van der Waals surface area contributed by atoms with Crippen molar-refractivity contribution in [2.24, 2.45) is 0 Å². The van der Waals surface area contributed by atoms with Crippen molar-refractivity contribution in [1.82, 2.24) is 5.32 Å². The van der Waals surface area contributed by atoms with E-state index >= 15 is 0 Å². The molecule has 0 amide bonds. The van der Waals surface area contributed by atoms with Crippen LogP contribution in [0.4, 0.5) is 0 Å². The lowest BCUT2D eigenvalue weighted by Crippen LogP contribution is -2.38. The van der Waals surface area contributed by atoms with E-state index in [4.69, 9.17) is 9.47 Å². The van der Waals surface area contributed by atoms with E-state index in [2.05, 4.69) is 21.2 Å². The van der Waals surface area contributed by atoms with Crippen molar-refractivity contribution >= 4 is 15.9 Å². The summed E-state index contributed by atoms with van der Waals surface area (Å²) in [5, 5.41) is 3.20. The number of halogens is 1. The Balaban J connectivity index is 1.97. The minimum absolute atomic E-state index is 0.131. The molecule has 0 aromatic carbocycles. The van der Waals surface area contributed by atoms with Crippen LogP contribution >= 0.6 is 15.9 Å². The number of hydrogen-bond acceptors (Lipinski definition) is 3. The maximum atomic E-state index is 5.36. The molecular weight excluding hydrogens is 222 g/mol. The van der Waals surface area contributed by atoms with E-state index in [1.807, 2.05) is 18.2 Å². The highest BCUT2D eigenvalue weighted by atomic mass is 79.9. The van der Waals surface area contributed by atoms with Gasteiger partial charge in [0.2, 0.25) is 0 Å². The van der Waals surface area contributed by atoms with Crippen molar-refractivity contribution in [1.29, 1.82) is 0 Å². The number of rotatable bonds is 1. The number of hydrogen-bond donors (Lipinski definition) is 1. The Kier molecular flexibility index (Phi) is 2.48. The van der Waals surface area contributed by atoms with E-state index in [-0.39, 0.29) is 12.3 Å². The first-order valence-electron chi connectivity index (χ1n) is 3.90. The standard InChI is InChI=1S/C8H10BrNO2/c9-7-3-1-2-6(10-7)8-11-4-5-12-8/h1-3,6,8,10H,4-5H2. The predicted molar refractivity (Wildman–Crippen MR) is 48.8 cm³/mol. The van der Waals surface area contributed by atoms with Gasteiger partial charge in [0.05, 0.1) is 23.9 Å². The molecular formula is C8H10BrNO2. The molecule has 1 saturated heterocycles. The van der Waals surface area contributed by atoms with Crippen LogP contribution in [0.15, 0.2) is 22.8 Å². The van der Waals surface area contributed by atoms with Crippen LogP contribution in [0, 0.1) is 0 Å². The highest BCUT2D eigenvalue weighted by molar-refractivity contribution is 9.11. The third-order valence-electron chi connectivity index (χ3n) is 1.81. The molecule has 2 aliphatic heterocycles. The lowest BCUT2D eigenvalue weighted by Gasteiger charge is -2.22. The Morgan fingerprint density at radius 1 is 1.42 bits per heavy atom. The van der Waals surface area contributed by atoms with Gasteiger partial charge in [0, 0.05) is 0 Å². The maximum absolute atomic E-state index is 5.36. The summed E-state index contributed by atoms with van der Waals surface area (Å²) < 4.78 is 11.7. The van der Waals surface area contributed by atoms with Gasteiger partial charge >= 0.3 is 0 Å². The van der Waals surface area contributed by atoms with E-state index in [0.717, 1.165) is 4.61 Å². The first-order valence-corrected chi connectivity index (χ1v) is 4.69. The molecule has 0 aliphatic carbocycles. The van der Waals surface area contributed by atoms with Crippen LogP contribution in [0.25, 0.3) is 0 Å². The molecule has 2 aliphatic rings. The summed E-state index contributed by atoms with van der Waals surface area (Å²) in [5.74, 6) is 0. The summed E-state index contributed by atoms with van der Waals surface area (Å²) in [6.07, 6.45) is 5.82. The monoisotopic (exact) mass is 231 g/mol. The first kappa shape index (κ1) is 8.29. The second-order valence-electron chi connectivity index (χ2n) is 2.68. The summed E-state index contributed by atoms with van der Waals surface area (Å²) in [5.41, 5.74) is 0. The van der Waals surface area contributed by atoms with Crippen LogP contribution in [-0.4, -0.2) is 25.5 Å². The summed E-state index contributed by atoms with van der Waals surface area (Å²) in [7, 11) is 0. The maximum Gasteiger partial charge on any atom is 0.181 e. The lowest BCUT2D eigenvalue weighted by atomic mass is 10.2. The predicted octanol–water partition coefficient (Wildman–Crippen LogP) is 1.12. The van der Waals surface area contributed by atoms with E-state index < -0.39 is 0 Å². The SMILES string of the molecule is BrC1=CC=CC(C2OCCO2)N1. The fourth-order valence-electron chi connectivity index (χ4n) is 1.26. The fourth-order valence-corrected chi connectivity index (χ4v) is 1.67. The van der Waals surface area contributed by atoms with Crippen molar-refractivity contribution in [3.8, 4) is 0 Å². The van der Waals surface area contributed by atoms with E-state index in [1.165, 1.54) is 0 Å². The van der Waals surface area contributed by atoms with Crippen LogP contribution in [0.3, 0.4) is 0 Å². The van der Waals surface area contributed by atoms with Crippen molar-refractivity contribution in [3.63, 3.8) is 0 Å². The third kappa shape index (κ3) is 1.71. The molecule has 2 heterocycles. The minimum Gasteiger partial charge on any atom is -0.368 e. The molecule has 0 spiro atoms. The Hall–Kier alpha value is -0.320. The van der Waals surface area contributed by atoms with Crippen molar-refractivity contribution in [2.75, 3.05) is 13.2 Å². The van der Waals surface area contributed by atoms with Crippen LogP contribution < -0.4 is 5.32 Å². The molecule has 3 nitrogen and oxygen atoms in total. The van der Waals surface area contributed by atoms with Gasteiger partial charge in [-0.3, -0.25) is 0 Å². The normalized spacial score (nSPS) is 30.1. The molecule has 1 fully saturated rings. The van der Waals surface area contributed by atoms with Crippen LogP contribution in [0.5, 0.6) is 0 Å². The van der Waals surface area contributed by atoms with Gasteiger partial charge in [0.15, 0.2) is 6.29 Å². The quantitative estimate of drug-likeness (QED) is 0.687. The molecule has 1 unspecified atom stereocenters. The van der Waals surface area contributed by atoms with Gasteiger partial charge in [-0.15, -0.1) is 0 Å². The molecule has 1 N–H and O–H groups in total. The van der Waals surface area contributed by atoms with E-state index in [1.54, 1.807) is 0 Å². The van der Waals surface area contributed by atoms with Gasteiger partial charge in [-0.2, -0.15) is 0 Å². The molecule has 0 bridgehead atoms. The smallest absolute Gasteiger partial charge is 0.181 e. The number of nitrogens with one attached hydrogen (secondary N) is 1. The average molecular weight is 232 g/mol. The van der Waals surface area contributed by atoms with Crippen molar-refractivity contribution < 1.29 is 9.47 Å². The van der Waals surface area contributed by atoms with Gasteiger partial charge in [-0.25, -0.2) is 0 Å². The van der Waals surface area contributed by atoms with Crippen molar-refractivity contribution in [2.45, 2.75) is 12.3 Å². The van der Waals surface area contributed by atoms with Gasteiger partial charge < -0.3 is 14.8 Å². The first-order chi connectivity index (χ1) is 5.86. The zero-order valence-corrected chi connectivity index (χ0v) is 8.08. The third-order valence-corrected chi connectivity index (χ3v) is 2.30. The molecule has 1 atom stereocenters. The molecule has 0 saturated carbocycles. The van der Waals surface area contributed by atoms with Crippen LogP contribution in [0.2, 0.25) is 0 Å². The van der Waals surface area contributed by atoms with Crippen molar-refractivity contribution in [3.05, 3.63) is 22.8 Å². The van der Waals surface area contributed by atoms with Gasteiger partial charge in [0.25, 0.3) is 0 Å². The highest BCUT2D eigenvalue weighted by Crippen LogP contribution is 2.15. The molecule has 12 heavy (non-hydrogen) atoms.